The fourth-order valence-electron chi connectivity index (χ4n) is 6.46. The van der Waals surface area contributed by atoms with Crippen LogP contribution < -0.4 is 56.6 Å². The van der Waals surface area contributed by atoms with E-state index in [0.29, 0.717) is 0 Å². The SMILES string of the molecule is [Cl-].[Cl-].c1ccc([P+](CCCC[P+](c2ccccc2)(c2ccccc2)c2ccccc2)(c2ccccc2)c2ccccc2)cc1. The third kappa shape index (κ3) is 6.86. The van der Waals surface area contributed by atoms with Crippen molar-refractivity contribution in [2.24, 2.45) is 0 Å². The molecule has 6 aromatic carbocycles. The lowest BCUT2D eigenvalue weighted by Gasteiger charge is -2.29. The number of unbranched alkanes of at least 4 members (excludes halogenated alkanes) is 1. The first kappa shape index (κ1) is 33.6. The molecule has 0 saturated carbocycles. The highest BCUT2D eigenvalue weighted by molar-refractivity contribution is 7.96. The topological polar surface area (TPSA) is 0 Å². The minimum atomic E-state index is -1.84. The van der Waals surface area contributed by atoms with E-state index in [0.717, 1.165) is 12.3 Å². The molecule has 0 nitrogen and oxygen atoms in total. The Labute approximate surface area is 277 Å². The van der Waals surface area contributed by atoms with Gasteiger partial charge in [0.05, 0.1) is 12.3 Å². The molecule has 44 heavy (non-hydrogen) atoms. The van der Waals surface area contributed by atoms with Crippen LogP contribution in [0.2, 0.25) is 0 Å². The van der Waals surface area contributed by atoms with Gasteiger partial charge < -0.3 is 24.8 Å². The van der Waals surface area contributed by atoms with Crippen LogP contribution in [0.1, 0.15) is 12.8 Å². The standard InChI is InChI=1S/C40H38P2.2ClH/c1-7-21-35(22-8-1)41(36-23-9-2-10-24-36,37-25-11-3-12-26-37)33-19-20-34-42(38-27-13-4-14-28-38,39-29-15-5-16-30-39)40-31-17-6-18-32-40;;/h1-18,21-32H,19-20,33-34H2;2*1H/q+2;;/p-2. The number of hydrogen-bond acceptors (Lipinski definition) is 0. The maximum Gasteiger partial charge on any atom is 0.112 e. The molecule has 0 aromatic heterocycles. The summed E-state index contributed by atoms with van der Waals surface area (Å²) in [6.07, 6.45) is 4.65. The number of hydrogen-bond donors (Lipinski definition) is 0. The van der Waals surface area contributed by atoms with Gasteiger partial charge in [0.15, 0.2) is 0 Å². The zero-order valence-corrected chi connectivity index (χ0v) is 28.1. The summed E-state index contributed by atoms with van der Waals surface area (Å²) >= 11 is 0. The van der Waals surface area contributed by atoms with Crippen molar-refractivity contribution in [2.45, 2.75) is 12.8 Å². The molecular formula is C40H38Cl2P2. The Balaban J connectivity index is 0.00000221. The van der Waals surface area contributed by atoms with Gasteiger partial charge in [-0.05, 0) is 85.6 Å². The lowest BCUT2D eigenvalue weighted by atomic mass is 10.3. The number of halogens is 2. The van der Waals surface area contributed by atoms with E-state index in [-0.39, 0.29) is 24.8 Å². The summed E-state index contributed by atoms with van der Waals surface area (Å²) in [7, 11) is -3.68. The molecule has 6 aromatic rings. The molecule has 4 heteroatoms. The van der Waals surface area contributed by atoms with Crippen molar-refractivity contribution in [3.8, 4) is 0 Å². The molecule has 0 atom stereocenters. The van der Waals surface area contributed by atoms with Gasteiger partial charge in [-0.15, -0.1) is 0 Å². The van der Waals surface area contributed by atoms with Crippen LogP contribution in [-0.4, -0.2) is 12.3 Å². The van der Waals surface area contributed by atoms with E-state index in [4.69, 9.17) is 0 Å². The molecule has 6 rings (SSSR count). The van der Waals surface area contributed by atoms with Crippen LogP contribution in [0.25, 0.3) is 0 Å². The molecule has 0 heterocycles. The Hall–Kier alpha value is -3.24. The fraction of sp³-hybridized carbons (Fsp3) is 0.100. The zero-order chi connectivity index (χ0) is 28.5. The second-order valence-electron chi connectivity index (χ2n) is 10.8. The summed E-state index contributed by atoms with van der Waals surface area (Å²) < 4.78 is 0. The first-order chi connectivity index (χ1) is 20.8. The summed E-state index contributed by atoms with van der Waals surface area (Å²) in [5.74, 6) is 0. The van der Waals surface area contributed by atoms with Gasteiger partial charge in [-0.3, -0.25) is 0 Å². The van der Waals surface area contributed by atoms with Crippen molar-refractivity contribution in [3.05, 3.63) is 182 Å². The van der Waals surface area contributed by atoms with Gasteiger partial charge >= 0.3 is 0 Å². The Bertz CT molecular complexity index is 1330. The Morgan fingerprint density at radius 3 is 0.568 bits per heavy atom. The molecule has 0 saturated heterocycles. The minimum absolute atomic E-state index is 0. The fourth-order valence-corrected chi connectivity index (χ4v) is 15.3. The van der Waals surface area contributed by atoms with Gasteiger partial charge in [-0.1, -0.05) is 109 Å². The largest absolute Gasteiger partial charge is 1.00 e. The second-order valence-corrected chi connectivity index (χ2v) is 18.0. The van der Waals surface area contributed by atoms with Crippen molar-refractivity contribution in [3.63, 3.8) is 0 Å². The quantitative estimate of drug-likeness (QED) is 0.148. The molecule has 0 spiro atoms. The first-order valence-electron chi connectivity index (χ1n) is 14.9. The third-order valence-corrected chi connectivity index (χ3v) is 17.5. The van der Waals surface area contributed by atoms with Crippen molar-refractivity contribution in [1.82, 2.24) is 0 Å². The monoisotopic (exact) mass is 650 g/mol. The Morgan fingerprint density at radius 1 is 0.250 bits per heavy atom. The number of benzene rings is 6. The van der Waals surface area contributed by atoms with Crippen molar-refractivity contribution in [1.29, 1.82) is 0 Å². The van der Waals surface area contributed by atoms with E-state index in [2.05, 4.69) is 182 Å². The molecule has 0 radical (unpaired) electrons. The lowest BCUT2D eigenvalue weighted by molar-refractivity contribution is -0.00100. The summed E-state index contributed by atoms with van der Waals surface area (Å²) in [5, 5.41) is 8.82. The third-order valence-electron chi connectivity index (χ3n) is 8.42. The first-order valence-corrected chi connectivity index (χ1v) is 18.9. The van der Waals surface area contributed by atoms with Gasteiger partial charge in [-0.2, -0.15) is 0 Å². The van der Waals surface area contributed by atoms with Crippen molar-refractivity contribution >= 4 is 46.4 Å². The van der Waals surface area contributed by atoms with Crippen molar-refractivity contribution in [2.75, 3.05) is 12.3 Å². The molecule has 0 aliphatic rings. The van der Waals surface area contributed by atoms with Crippen molar-refractivity contribution < 1.29 is 24.8 Å². The molecule has 0 aliphatic heterocycles. The van der Waals surface area contributed by atoms with Gasteiger partial charge in [0.1, 0.15) is 46.4 Å². The van der Waals surface area contributed by atoms with E-state index >= 15 is 0 Å². The van der Waals surface area contributed by atoms with Crippen LogP contribution in [0, 0.1) is 0 Å². The molecule has 0 aliphatic carbocycles. The highest BCUT2D eigenvalue weighted by Gasteiger charge is 2.47. The average Bonchev–Trinajstić information content (AvgIpc) is 3.09. The summed E-state index contributed by atoms with van der Waals surface area (Å²) in [6, 6.07) is 67.8. The molecule has 0 amide bonds. The average molecular weight is 652 g/mol. The van der Waals surface area contributed by atoms with Crippen LogP contribution in [0.4, 0.5) is 0 Å². The maximum atomic E-state index is 2.36. The number of rotatable bonds is 11. The molecular weight excluding hydrogens is 613 g/mol. The normalized spacial score (nSPS) is 11.2. The smallest absolute Gasteiger partial charge is 0.112 e. The van der Waals surface area contributed by atoms with Crippen LogP contribution in [0.3, 0.4) is 0 Å². The summed E-state index contributed by atoms with van der Waals surface area (Å²) in [5.41, 5.74) is 0. The minimum Gasteiger partial charge on any atom is -1.00 e. The molecule has 222 valence electrons. The van der Waals surface area contributed by atoms with E-state index in [1.807, 2.05) is 0 Å². The molecule has 0 bridgehead atoms. The second kappa shape index (κ2) is 16.2. The van der Waals surface area contributed by atoms with Crippen LogP contribution in [0.5, 0.6) is 0 Å². The van der Waals surface area contributed by atoms with Crippen LogP contribution in [0.15, 0.2) is 182 Å². The van der Waals surface area contributed by atoms with Gasteiger partial charge in [0, 0.05) is 0 Å². The molecule has 0 fully saturated rings. The predicted octanol–water partition coefficient (Wildman–Crippen LogP) is 1.76. The van der Waals surface area contributed by atoms with E-state index in [9.17, 15) is 0 Å². The molecule has 0 N–H and O–H groups in total. The predicted molar refractivity (Wildman–Crippen MR) is 189 cm³/mol. The van der Waals surface area contributed by atoms with E-state index in [1.54, 1.807) is 0 Å². The summed E-state index contributed by atoms with van der Waals surface area (Å²) in [4.78, 5) is 0. The van der Waals surface area contributed by atoms with E-state index in [1.165, 1.54) is 44.7 Å². The lowest BCUT2D eigenvalue weighted by Crippen LogP contribution is -3.00. The van der Waals surface area contributed by atoms with Gasteiger partial charge in [0.2, 0.25) is 0 Å². The Morgan fingerprint density at radius 2 is 0.409 bits per heavy atom. The summed E-state index contributed by atoms with van der Waals surface area (Å²) in [6.45, 7) is 0. The highest BCUT2D eigenvalue weighted by Crippen LogP contribution is 2.58. The maximum absolute atomic E-state index is 2.36. The van der Waals surface area contributed by atoms with Gasteiger partial charge in [0.25, 0.3) is 0 Å². The van der Waals surface area contributed by atoms with Crippen LogP contribution >= 0.6 is 14.5 Å². The molecule has 0 unspecified atom stereocenters. The Kier molecular flexibility index (Phi) is 12.4. The van der Waals surface area contributed by atoms with Gasteiger partial charge in [-0.25, -0.2) is 0 Å². The van der Waals surface area contributed by atoms with Crippen LogP contribution in [-0.2, 0) is 0 Å². The zero-order valence-electron chi connectivity index (χ0n) is 24.8. The van der Waals surface area contributed by atoms with E-state index < -0.39 is 14.5 Å². The highest BCUT2D eigenvalue weighted by atomic mass is 35.5.